The normalized spacial score (nSPS) is 12.5. The Labute approximate surface area is 180 Å². The SMILES string of the molecule is CCN(CC)CCCC(C)NC(=O)c1cc(-c2cccn2C)nc2ccc(C)cc12. The maximum atomic E-state index is 13.2. The number of pyridine rings is 1. The maximum absolute atomic E-state index is 13.2. The zero-order valence-electron chi connectivity index (χ0n) is 18.9. The molecule has 0 spiro atoms. The first-order valence-electron chi connectivity index (χ1n) is 11.0. The highest BCUT2D eigenvalue weighted by molar-refractivity contribution is 6.07. The van der Waals surface area contributed by atoms with Gasteiger partial charge in [0.1, 0.15) is 0 Å². The molecule has 1 atom stereocenters. The van der Waals surface area contributed by atoms with Gasteiger partial charge < -0.3 is 14.8 Å². The summed E-state index contributed by atoms with van der Waals surface area (Å²) in [4.78, 5) is 20.5. The van der Waals surface area contributed by atoms with E-state index in [0.717, 1.165) is 60.3 Å². The molecule has 3 aromatic rings. The molecule has 0 bridgehead atoms. The molecule has 3 rings (SSSR count). The monoisotopic (exact) mass is 406 g/mol. The molecule has 0 aliphatic carbocycles. The van der Waals surface area contributed by atoms with Gasteiger partial charge in [-0.25, -0.2) is 4.98 Å². The van der Waals surface area contributed by atoms with Crippen LogP contribution in [0.1, 0.15) is 49.5 Å². The van der Waals surface area contributed by atoms with Crippen LogP contribution < -0.4 is 5.32 Å². The third-order valence-electron chi connectivity index (χ3n) is 5.80. The van der Waals surface area contributed by atoms with Crippen molar-refractivity contribution in [2.45, 2.75) is 46.6 Å². The van der Waals surface area contributed by atoms with Crippen LogP contribution in [0.3, 0.4) is 0 Å². The van der Waals surface area contributed by atoms with Crippen molar-refractivity contribution in [1.29, 1.82) is 0 Å². The van der Waals surface area contributed by atoms with Crippen LogP contribution in [0.25, 0.3) is 22.3 Å². The average molecular weight is 407 g/mol. The molecule has 1 amide bonds. The molecule has 30 heavy (non-hydrogen) atoms. The number of aromatic nitrogens is 2. The first-order valence-corrected chi connectivity index (χ1v) is 11.0. The van der Waals surface area contributed by atoms with Gasteiger partial charge in [-0.15, -0.1) is 0 Å². The Morgan fingerprint density at radius 2 is 1.97 bits per heavy atom. The second-order valence-electron chi connectivity index (χ2n) is 8.12. The van der Waals surface area contributed by atoms with Gasteiger partial charge in [-0.3, -0.25) is 4.79 Å². The molecule has 1 N–H and O–H groups in total. The van der Waals surface area contributed by atoms with E-state index < -0.39 is 0 Å². The summed E-state index contributed by atoms with van der Waals surface area (Å²) in [5, 5.41) is 4.12. The fraction of sp³-hybridized carbons (Fsp3) is 0.440. The number of nitrogens with one attached hydrogen (secondary N) is 1. The fourth-order valence-electron chi connectivity index (χ4n) is 3.92. The van der Waals surface area contributed by atoms with Crippen molar-refractivity contribution < 1.29 is 4.79 Å². The summed E-state index contributed by atoms with van der Waals surface area (Å²) in [6, 6.07) is 12.2. The Bertz CT molecular complexity index is 1000. The zero-order chi connectivity index (χ0) is 21.7. The number of benzene rings is 1. The van der Waals surface area contributed by atoms with E-state index in [1.165, 1.54) is 0 Å². The summed E-state index contributed by atoms with van der Waals surface area (Å²) in [5.41, 5.74) is 4.48. The molecule has 2 aromatic heterocycles. The molecule has 2 heterocycles. The van der Waals surface area contributed by atoms with Gasteiger partial charge in [0.05, 0.1) is 22.5 Å². The first-order chi connectivity index (χ1) is 14.4. The molecule has 0 radical (unpaired) electrons. The quantitative estimate of drug-likeness (QED) is 0.556. The highest BCUT2D eigenvalue weighted by atomic mass is 16.1. The standard InChI is InChI=1S/C25H34N4O/c1-6-29(7-2)15-8-10-19(4)26-25(30)21-17-23(24-11-9-14-28(24)5)27-22-13-12-18(3)16-20(21)22/h9,11-14,16-17,19H,6-8,10,15H2,1-5H3,(H,26,30). The number of hydrogen-bond donors (Lipinski definition) is 1. The van der Waals surface area contributed by atoms with Gasteiger partial charge in [-0.05, 0) is 76.7 Å². The lowest BCUT2D eigenvalue weighted by Crippen LogP contribution is -2.34. The number of rotatable bonds is 9. The van der Waals surface area contributed by atoms with Gasteiger partial charge in [0.15, 0.2) is 0 Å². The number of hydrogen-bond acceptors (Lipinski definition) is 3. The van der Waals surface area contributed by atoms with Gasteiger partial charge in [-0.1, -0.05) is 25.5 Å². The summed E-state index contributed by atoms with van der Waals surface area (Å²) in [6.07, 6.45) is 4.04. The second kappa shape index (κ2) is 9.90. The van der Waals surface area contributed by atoms with E-state index >= 15 is 0 Å². The lowest BCUT2D eigenvalue weighted by atomic mass is 10.0. The Morgan fingerprint density at radius 1 is 1.20 bits per heavy atom. The van der Waals surface area contributed by atoms with Gasteiger partial charge in [-0.2, -0.15) is 0 Å². The Morgan fingerprint density at radius 3 is 2.63 bits per heavy atom. The zero-order valence-corrected chi connectivity index (χ0v) is 18.9. The minimum Gasteiger partial charge on any atom is -0.350 e. The molecule has 1 unspecified atom stereocenters. The predicted octanol–water partition coefficient (Wildman–Crippen LogP) is 4.79. The van der Waals surface area contributed by atoms with Crippen molar-refractivity contribution >= 4 is 16.8 Å². The van der Waals surface area contributed by atoms with Crippen LogP contribution >= 0.6 is 0 Å². The number of amides is 1. The summed E-state index contributed by atoms with van der Waals surface area (Å²) in [5.74, 6) is -0.0289. The van der Waals surface area contributed by atoms with Crippen molar-refractivity contribution in [3.63, 3.8) is 0 Å². The average Bonchev–Trinajstić information content (AvgIpc) is 3.16. The minimum atomic E-state index is -0.0289. The molecule has 0 aliphatic rings. The first kappa shape index (κ1) is 22.0. The maximum Gasteiger partial charge on any atom is 0.252 e. The van der Waals surface area contributed by atoms with Crippen LogP contribution in [-0.4, -0.2) is 46.0 Å². The van der Waals surface area contributed by atoms with Gasteiger partial charge >= 0.3 is 0 Å². The van der Waals surface area contributed by atoms with Crippen LogP contribution in [0.4, 0.5) is 0 Å². The number of aryl methyl sites for hydroxylation is 2. The highest BCUT2D eigenvalue weighted by Gasteiger charge is 2.17. The van der Waals surface area contributed by atoms with Crippen molar-refractivity contribution in [1.82, 2.24) is 19.8 Å². The molecule has 160 valence electrons. The minimum absolute atomic E-state index is 0.0289. The van der Waals surface area contributed by atoms with E-state index in [0.29, 0.717) is 5.56 Å². The third kappa shape index (κ3) is 5.08. The van der Waals surface area contributed by atoms with Crippen molar-refractivity contribution in [2.24, 2.45) is 7.05 Å². The number of carbonyl (C=O) groups excluding carboxylic acids is 1. The van der Waals surface area contributed by atoms with Gasteiger partial charge in [0, 0.05) is 24.7 Å². The van der Waals surface area contributed by atoms with Crippen molar-refractivity contribution in [2.75, 3.05) is 19.6 Å². The summed E-state index contributed by atoms with van der Waals surface area (Å²) in [6.45, 7) is 11.7. The van der Waals surface area contributed by atoms with Crippen LogP contribution in [0.15, 0.2) is 42.6 Å². The third-order valence-corrected chi connectivity index (χ3v) is 5.80. The Kier molecular flexibility index (Phi) is 7.27. The summed E-state index contributed by atoms with van der Waals surface area (Å²) >= 11 is 0. The van der Waals surface area contributed by atoms with Crippen LogP contribution in [-0.2, 0) is 7.05 Å². The fourth-order valence-corrected chi connectivity index (χ4v) is 3.92. The van der Waals surface area contributed by atoms with Crippen LogP contribution in [0.2, 0.25) is 0 Å². The van der Waals surface area contributed by atoms with Crippen molar-refractivity contribution in [3.8, 4) is 11.4 Å². The highest BCUT2D eigenvalue weighted by Crippen LogP contribution is 2.26. The van der Waals surface area contributed by atoms with Gasteiger partial charge in [0.25, 0.3) is 5.91 Å². The number of nitrogens with zero attached hydrogens (tertiary/aromatic N) is 3. The van der Waals surface area contributed by atoms with E-state index in [2.05, 4.69) is 37.1 Å². The van der Waals surface area contributed by atoms with E-state index in [4.69, 9.17) is 4.98 Å². The smallest absolute Gasteiger partial charge is 0.252 e. The molecule has 1 aromatic carbocycles. The molecular formula is C25H34N4O. The van der Waals surface area contributed by atoms with Crippen molar-refractivity contribution in [3.05, 3.63) is 53.7 Å². The Balaban J connectivity index is 1.83. The van der Waals surface area contributed by atoms with Gasteiger partial charge in [0.2, 0.25) is 0 Å². The van der Waals surface area contributed by atoms with Crippen LogP contribution in [0.5, 0.6) is 0 Å². The van der Waals surface area contributed by atoms with E-state index in [1.54, 1.807) is 0 Å². The second-order valence-corrected chi connectivity index (χ2v) is 8.12. The molecular weight excluding hydrogens is 372 g/mol. The topological polar surface area (TPSA) is 50.2 Å². The molecule has 0 saturated heterocycles. The van der Waals surface area contributed by atoms with Crippen LogP contribution in [0, 0.1) is 6.92 Å². The molecule has 0 fully saturated rings. The number of carbonyl (C=O) groups is 1. The predicted molar refractivity (Wildman–Crippen MR) is 125 cm³/mol. The molecule has 5 heteroatoms. The van der Waals surface area contributed by atoms with E-state index in [1.807, 2.05) is 55.1 Å². The number of fused-ring (bicyclic) bond motifs is 1. The van der Waals surface area contributed by atoms with E-state index in [-0.39, 0.29) is 11.9 Å². The molecule has 0 saturated carbocycles. The molecule has 0 aliphatic heterocycles. The molecule has 5 nitrogen and oxygen atoms in total. The summed E-state index contributed by atoms with van der Waals surface area (Å²) < 4.78 is 2.03. The lowest BCUT2D eigenvalue weighted by Gasteiger charge is -2.20. The lowest BCUT2D eigenvalue weighted by molar-refractivity contribution is 0.0939. The summed E-state index contributed by atoms with van der Waals surface area (Å²) in [7, 11) is 1.99. The Hall–Kier alpha value is -2.66. The van der Waals surface area contributed by atoms with E-state index in [9.17, 15) is 4.79 Å². The largest absolute Gasteiger partial charge is 0.350 e.